The summed E-state index contributed by atoms with van der Waals surface area (Å²) in [6.07, 6.45) is 0. The number of carbonyl (C=O) groups excluding carboxylic acids is 1. The molecule has 0 bridgehead atoms. The van der Waals surface area contributed by atoms with E-state index in [4.69, 9.17) is 14.9 Å². The summed E-state index contributed by atoms with van der Waals surface area (Å²) in [6.45, 7) is 6.38. The summed E-state index contributed by atoms with van der Waals surface area (Å²) < 4.78 is 23.8. The number of furan rings is 1. The average molecular weight is 371 g/mol. The zero-order valence-corrected chi connectivity index (χ0v) is 15.4. The summed E-state index contributed by atoms with van der Waals surface area (Å²) in [4.78, 5) is 12.3. The molecular formula is C18H24ClFN2O3. The highest BCUT2D eigenvalue weighted by Gasteiger charge is 2.29. The van der Waals surface area contributed by atoms with Gasteiger partial charge in [-0.3, -0.25) is 4.79 Å². The molecule has 0 saturated carbocycles. The minimum absolute atomic E-state index is 0. The summed E-state index contributed by atoms with van der Waals surface area (Å²) in [7, 11) is 0. The summed E-state index contributed by atoms with van der Waals surface area (Å²) in [5, 5.41) is 2.91. The normalized spacial score (nSPS) is 13.0. The van der Waals surface area contributed by atoms with Crippen molar-refractivity contribution < 1.29 is 18.3 Å². The Morgan fingerprint density at radius 3 is 2.48 bits per heavy atom. The lowest BCUT2D eigenvalue weighted by Crippen LogP contribution is -2.54. The second-order valence-electron chi connectivity index (χ2n) is 6.24. The van der Waals surface area contributed by atoms with Gasteiger partial charge in [-0.1, -0.05) is 13.8 Å². The highest BCUT2D eigenvalue weighted by atomic mass is 35.5. The third-order valence-electron chi connectivity index (χ3n) is 4.18. The molecule has 5 nitrogen and oxygen atoms in total. The van der Waals surface area contributed by atoms with Crippen LogP contribution >= 0.6 is 12.4 Å². The highest BCUT2D eigenvalue weighted by Crippen LogP contribution is 2.18. The molecule has 0 radical (unpaired) electrons. The van der Waals surface area contributed by atoms with Crippen LogP contribution in [0.2, 0.25) is 0 Å². The standard InChI is InChI=1S/C18H23FN2O3.ClH/c1-12(2)18(3,11-20)21-17(22)16-9-8-15(24-16)10-23-14-6-4-13(19)5-7-14;/h4-9,12H,10-11,20H2,1-3H3,(H,21,22);1H. The zero-order valence-electron chi connectivity index (χ0n) is 14.5. The molecule has 2 aromatic rings. The van der Waals surface area contributed by atoms with Gasteiger partial charge in [-0.25, -0.2) is 4.39 Å². The van der Waals surface area contributed by atoms with Gasteiger partial charge in [0.05, 0.1) is 5.54 Å². The molecule has 1 amide bonds. The molecule has 1 aromatic carbocycles. The highest BCUT2D eigenvalue weighted by molar-refractivity contribution is 5.92. The second-order valence-corrected chi connectivity index (χ2v) is 6.24. The molecule has 0 aliphatic carbocycles. The number of amides is 1. The molecule has 2 rings (SSSR count). The van der Waals surface area contributed by atoms with Crippen LogP contribution < -0.4 is 15.8 Å². The van der Waals surface area contributed by atoms with E-state index in [0.717, 1.165) is 0 Å². The maximum absolute atomic E-state index is 12.8. The van der Waals surface area contributed by atoms with Crippen molar-refractivity contribution in [1.82, 2.24) is 5.32 Å². The largest absolute Gasteiger partial charge is 0.486 e. The maximum Gasteiger partial charge on any atom is 0.287 e. The first-order valence-corrected chi connectivity index (χ1v) is 7.83. The Morgan fingerprint density at radius 2 is 1.92 bits per heavy atom. The number of hydrogen-bond acceptors (Lipinski definition) is 4. The summed E-state index contributed by atoms with van der Waals surface area (Å²) in [6, 6.07) is 8.96. The van der Waals surface area contributed by atoms with E-state index in [0.29, 0.717) is 18.1 Å². The van der Waals surface area contributed by atoms with Crippen LogP contribution in [-0.2, 0) is 6.61 Å². The monoisotopic (exact) mass is 370 g/mol. The van der Waals surface area contributed by atoms with Gasteiger partial charge >= 0.3 is 0 Å². The van der Waals surface area contributed by atoms with E-state index in [1.165, 1.54) is 24.3 Å². The Labute approximate surface area is 153 Å². The Kier molecular flexibility index (Phi) is 7.45. The van der Waals surface area contributed by atoms with Crippen molar-refractivity contribution >= 4 is 18.3 Å². The molecule has 1 atom stereocenters. The first kappa shape index (κ1) is 21.0. The van der Waals surface area contributed by atoms with Crippen molar-refractivity contribution in [1.29, 1.82) is 0 Å². The van der Waals surface area contributed by atoms with Crippen LogP contribution in [0.3, 0.4) is 0 Å². The van der Waals surface area contributed by atoms with E-state index >= 15 is 0 Å². The van der Waals surface area contributed by atoms with Crippen LogP contribution in [0.25, 0.3) is 0 Å². The van der Waals surface area contributed by atoms with Crippen LogP contribution in [0.5, 0.6) is 5.75 Å². The molecular weight excluding hydrogens is 347 g/mol. The molecule has 0 aliphatic heterocycles. The Bertz CT molecular complexity index is 688. The topological polar surface area (TPSA) is 77.5 Å². The number of nitrogens with two attached hydrogens (primary N) is 1. The molecule has 1 heterocycles. The van der Waals surface area contributed by atoms with Gasteiger partial charge in [0, 0.05) is 6.54 Å². The molecule has 1 unspecified atom stereocenters. The van der Waals surface area contributed by atoms with Gasteiger partial charge in [0.2, 0.25) is 0 Å². The van der Waals surface area contributed by atoms with Gasteiger partial charge in [0.1, 0.15) is 23.9 Å². The van der Waals surface area contributed by atoms with Crippen LogP contribution in [0, 0.1) is 11.7 Å². The summed E-state index contributed by atoms with van der Waals surface area (Å²) >= 11 is 0. The molecule has 138 valence electrons. The van der Waals surface area contributed by atoms with Gasteiger partial charge in [0.15, 0.2) is 5.76 Å². The lowest BCUT2D eigenvalue weighted by atomic mass is 9.88. The summed E-state index contributed by atoms with van der Waals surface area (Å²) in [5.74, 6) is 0.769. The number of rotatable bonds is 7. The minimum Gasteiger partial charge on any atom is -0.486 e. The number of halogens is 2. The number of ether oxygens (including phenoxy) is 1. The van der Waals surface area contributed by atoms with Crippen molar-refractivity contribution in [3.63, 3.8) is 0 Å². The molecule has 0 spiro atoms. The average Bonchev–Trinajstić information content (AvgIpc) is 3.03. The predicted octanol–water partition coefficient (Wildman–Crippen LogP) is 3.52. The van der Waals surface area contributed by atoms with Crippen molar-refractivity contribution in [3.8, 4) is 5.75 Å². The zero-order chi connectivity index (χ0) is 17.7. The van der Waals surface area contributed by atoms with Crippen LogP contribution in [0.4, 0.5) is 4.39 Å². The Hall–Kier alpha value is -2.05. The van der Waals surface area contributed by atoms with Crippen LogP contribution in [0.15, 0.2) is 40.8 Å². The maximum atomic E-state index is 12.8. The number of benzene rings is 1. The van der Waals surface area contributed by atoms with E-state index in [-0.39, 0.29) is 42.4 Å². The van der Waals surface area contributed by atoms with Gasteiger partial charge in [0.25, 0.3) is 5.91 Å². The Morgan fingerprint density at radius 1 is 1.28 bits per heavy atom. The lowest BCUT2D eigenvalue weighted by molar-refractivity contribution is 0.0850. The summed E-state index contributed by atoms with van der Waals surface area (Å²) in [5.41, 5.74) is 5.26. The third kappa shape index (κ3) is 5.47. The fourth-order valence-electron chi connectivity index (χ4n) is 2.01. The molecule has 3 N–H and O–H groups in total. The molecule has 25 heavy (non-hydrogen) atoms. The van der Waals surface area contributed by atoms with Crippen LogP contribution in [-0.4, -0.2) is 18.0 Å². The number of carbonyl (C=O) groups is 1. The molecule has 0 fully saturated rings. The van der Waals surface area contributed by atoms with Gasteiger partial charge < -0.3 is 20.2 Å². The molecule has 0 aliphatic rings. The van der Waals surface area contributed by atoms with E-state index < -0.39 is 5.54 Å². The van der Waals surface area contributed by atoms with Crippen molar-refractivity contribution in [2.75, 3.05) is 6.54 Å². The molecule has 7 heteroatoms. The first-order valence-electron chi connectivity index (χ1n) is 7.83. The quantitative estimate of drug-likeness (QED) is 0.781. The smallest absolute Gasteiger partial charge is 0.287 e. The lowest BCUT2D eigenvalue weighted by Gasteiger charge is -2.33. The third-order valence-corrected chi connectivity index (χ3v) is 4.18. The minimum atomic E-state index is -0.505. The van der Waals surface area contributed by atoms with Crippen LogP contribution in [0.1, 0.15) is 37.1 Å². The molecule has 0 saturated heterocycles. The fourth-order valence-corrected chi connectivity index (χ4v) is 2.01. The molecule has 1 aromatic heterocycles. The SMILES string of the molecule is CC(C)C(C)(CN)NC(=O)c1ccc(COc2ccc(F)cc2)o1.Cl. The van der Waals surface area contributed by atoms with E-state index in [9.17, 15) is 9.18 Å². The van der Waals surface area contributed by atoms with Crippen molar-refractivity contribution in [2.45, 2.75) is 32.9 Å². The van der Waals surface area contributed by atoms with Gasteiger partial charge in [-0.05, 0) is 49.2 Å². The van der Waals surface area contributed by atoms with Gasteiger partial charge in [-0.2, -0.15) is 0 Å². The van der Waals surface area contributed by atoms with E-state index in [1.807, 2.05) is 20.8 Å². The fraction of sp³-hybridized carbons (Fsp3) is 0.389. The predicted molar refractivity (Wildman–Crippen MR) is 96.5 cm³/mol. The number of nitrogens with one attached hydrogen (secondary N) is 1. The first-order chi connectivity index (χ1) is 11.3. The van der Waals surface area contributed by atoms with Crippen molar-refractivity contribution in [3.05, 3.63) is 53.7 Å². The number of hydrogen-bond donors (Lipinski definition) is 2. The van der Waals surface area contributed by atoms with E-state index in [2.05, 4.69) is 5.32 Å². The second kappa shape index (κ2) is 8.87. The van der Waals surface area contributed by atoms with Gasteiger partial charge in [-0.15, -0.1) is 12.4 Å². The van der Waals surface area contributed by atoms with E-state index in [1.54, 1.807) is 12.1 Å². The van der Waals surface area contributed by atoms with Crippen molar-refractivity contribution in [2.24, 2.45) is 11.7 Å². The Balaban J connectivity index is 0.00000312.